The Labute approximate surface area is 143 Å². The van der Waals surface area contributed by atoms with Gasteiger partial charge in [-0.2, -0.15) is 0 Å². The predicted octanol–water partition coefficient (Wildman–Crippen LogP) is 3.18. The van der Waals surface area contributed by atoms with Crippen molar-refractivity contribution in [2.75, 3.05) is 13.1 Å². The molecule has 1 fully saturated rings. The van der Waals surface area contributed by atoms with Crippen LogP contribution in [0.2, 0.25) is 0 Å². The zero-order valence-electron chi connectivity index (χ0n) is 14.9. The summed E-state index contributed by atoms with van der Waals surface area (Å²) < 4.78 is 5.55. The Morgan fingerprint density at radius 1 is 1.21 bits per heavy atom. The van der Waals surface area contributed by atoms with Gasteiger partial charge in [-0.15, -0.1) is 0 Å². The average Bonchev–Trinajstić information content (AvgIpc) is 2.99. The summed E-state index contributed by atoms with van der Waals surface area (Å²) in [6, 6.07) is 7.35. The summed E-state index contributed by atoms with van der Waals surface area (Å²) in [5.41, 5.74) is 0.776. The van der Waals surface area contributed by atoms with E-state index in [9.17, 15) is 14.7 Å². The number of nitrogens with zero attached hydrogens (tertiary/aromatic N) is 1. The molecule has 1 N–H and O–H groups in total. The van der Waals surface area contributed by atoms with Gasteiger partial charge in [0.15, 0.2) is 0 Å². The smallest absolute Gasteiger partial charge is 0.311 e. The Kier molecular flexibility index (Phi) is 5.65. The van der Waals surface area contributed by atoms with Crippen molar-refractivity contribution in [2.45, 2.75) is 46.8 Å². The van der Waals surface area contributed by atoms with Crippen LogP contribution in [0.25, 0.3) is 0 Å². The molecule has 1 aromatic carbocycles. The van der Waals surface area contributed by atoms with Gasteiger partial charge in [-0.1, -0.05) is 26.0 Å². The number of benzene rings is 1. The van der Waals surface area contributed by atoms with Crippen molar-refractivity contribution in [1.29, 1.82) is 0 Å². The number of hydrogen-bond acceptors (Lipinski definition) is 3. The molecule has 1 aromatic rings. The van der Waals surface area contributed by atoms with Crippen LogP contribution in [-0.4, -0.2) is 41.1 Å². The van der Waals surface area contributed by atoms with Crippen molar-refractivity contribution in [2.24, 2.45) is 11.3 Å². The maximum atomic E-state index is 12.7. The zero-order valence-corrected chi connectivity index (χ0v) is 14.9. The first-order valence-electron chi connectivity index (χ1n) is 8.49. The van der Waals surface area contributed by atoms with Gasteiger partial charge in [0.2, 0.25) is 0 Å². The van der Waals surface area contributed by atoms with E-state index in [1.165, 1.54) is 0 Å². The molecule has 24 heavy (non-hydrogen) atoms. The molecule has 1 amide bonds. The standard InChI is InChI=1S/C19H27NO4/c1-13(2)19(18(22)23)9-10-20(12-19)17(21)16-7-5-15(6-8-16)11-24-14(3)4/h5-8,13-14H,9-12H2,1-4H3,(H,22,23). The van der Waals surface area contributed by atoms with Crippen LogP contribution in [0.3, 0.4) is 0 Å². The summed E-state index contributed by atoms with van der Waals surface area (Å²) in [5, 5.41) is 9.59. The molecule has 0 spiro atoms. The van der Waals surface area contributed by atoms with E-state index in [0.717, 1.165) is 5.56 Å². The van der Waals surface area contributed by atoms with E-state index in [1.807, 2.05) is 39.8 Å². The van der Waals surface area contributed by atoms with Crippen LogP contribution in [-0.2, 0) is 16.1 Å². The van der Waals surface area contributed by atoms with Gasteiger partial charge < -0.3 is 14.7 Å². The fourth-order valence-electron chi connectivity index (χ4n) is 3.09. The highest BCUT2D eigenvalue weighted by atomic mass is 16.5. The normalized spacial score (nSPS) is 20.8. The molecule has 0 radical (unpaired) electrons. The Hall–Kier alpha value is -1.88. The van der Waals surface area contributed by atoms with Crippen LogP contribution in [0.15, 0.2) is 24.3 Å². The van der Waals surface area contributed by atoms with E-state index < -0.39 is 11.4 Å². The second-order valence-electron chi connectivity index (χ2n) is 7.15. The van der Waals surface area contributed by atoms with Crippen molar-refractivity contribution >= 4 is 11.9 Å². The van der Waals surface area contributed by atoms with Gasteiger partial charge in [0.25, 0.3) is 5.91 Å². The number of amides is 1. The van der Waals surface area contributed by atoms with Crippen molar-refractivity contribution in [3.63, 3.8) is 0 Å². The van der Waals surface area contributed by atoms with E-state index in [4.69, 9.17) is 4.74 Å². The van der Waals surface area contributed by atoms with Gasteiger partial charge in [-0.3, -0.25) is 9.59 Å². The molecule has 1 unspecified atom stereocenters. The highest BCUT2D eigenvalue weighted by Crippen LogP contribution is 2.38. The van der Waals surface area contributed by atoms with Gasteiger partial charge in [-0.25, -0.2) is 0 Å². The highest BCUT2D eigenvalue weighted by molar-refractivity contribution is 5.95. The van der Waals surface area contributed by atoms with Gasteiger partial charge >= 0.3 is 5.97 Å². The van der Waals surface area contributed by atoms with E-state index in [0.29, 0.717) is 25.1 Å². The summed E-state index contributed by atoms with van der Waals surface area (Å²) in [6.45, 7) is 9.06. The third-order valence-electron chi connectivity index (χ3n) is 4.90. The number of likely N-dealkylation sites (tertiary alicyclic amines) is 1. The van der Waals surface area contributed by atoms with Gasteiger partial charge in [-0.05, 0) is 43.9 Å². The number of hydrogen-bond donors (Lipinski definition) is 1. The summed E-state index contributed by atoms with van der Waals surface area (Å²) in [5.74, 6) is -0.924. The van der Waals surface area contributed by atoms with E-state index in [-0.39, 0.29) is 24.5 Å². The number of carbonyl (C=O) groups excluding carboxylic acids is 1. The lowest BCUT2D eigenvalue weighted by molar-refractivity contribution is -0.150. The first-order chi connectivity index (χ1) is 11.3. The van der Waals surface area contributed by atoms with Crippen LogP contribution < -0.4 is 0 Å². The van der Waals surface area contributed by atoms with Gasteiger partial charge in [0.1, 0.15) is 0 Å². The number of ether oxygens (including phenoxy) is 1. The number of aliphatic carboxylic acids is 1. The molecule has 5 heteroatoms. The Morgan fingerprint density at radius 3 is 2.29 bits per heavy atom. The SMILES string of the molecule is CC(C)OCc1ccc(C(=O)N2CCC(C(=O)O)(C(C)C)C2)cc1. The summed E-state index contributed by atoms with van der Waals surface area (Å²) in [4.78, 5) is 26.0. The molecule has 1 saturated heterocycles. The molecule has 0 aliphatic carbocycles. The topological polar surface area (TPSA) is 66.8 Å². The molecule has 1 atom stereocenters. The lowest BCUT2D eigenvalue weighted by atomic mass is 9.76. The van der Waals surface area contributed by atoms with E-state index in [2.05, 4.69) is 0 Å². The second-order valence-corrected chi connectivity index (χ2v) is 7.15. The van der Waals surface area contributed by atoms with Gasteiger partial charge in [0, 0.05) is 18.7 Å². The van der Waals surface area contributed by atoms with Crippen LogP contribution in [0.5, 0.6) is 0 Å². The molecule has 0 aromatic heterocycles. The van der Waals surface area contributed by atoms with Crippen LogP contribution in [0.1, 0.15) is 50.0 Å². The van der Waals surface area contributed by atoms with Crippen LogP contribution >= 0.6 is 0 Å². The minimum atomic E-state index is -0.833. The Balaban J connectivity index is 2.06. The molecule has 132 valence electrons. The molecular weight excluding hydrogens is 306 g/mol. The molecule has 1 aliphatic rings. The molecule has 2 rings (SSSR count). The molecular formula is C19H27NO4. The second kappa shape index (κ2) is 7.34. The zero-order chi connectivity index (χ0) is 17.9. The number of carbonyl (C=O) groups is 2. The lowest BCUT2D eigenvalue weighted by Crippen LogP contribution is -2.40. The summed E-state index contributed by atoms with van der Waals surface area (Å²) in [7, 11) is 0. The fraction of sp³-hybridized carbons (Fsp3) is 0.579. The average molecular weight is 333 g/mol. The molecule has 0 bridgehead atoms. The van der Waals surface area contributed by atoms with E-state index >= 15 is 0 Å². The third-order valence-corrected chi connectivity index (χ3v) is 4.90. The molecule has 5 nitrogen and oxygen atoms in total. The summed E-state index contributed by atoms with van der Waals surface area (Å²) >= 11 is 0. The summed E-state index contributed by atoms with van der Waals surface area (Å²) in [6.07, 6.45) is 0.669. The largest absolute Gasteiger partial charge is 0.481 e. The molecule has 1 heterocycles. The van der Waals surface area contributed by atoms with Crippen LogP contribution in [0.4, 0.5) is 0 Å². The first kappa shape index (κ1) is 18.5. The predicted molar refractivity (Wildman–Crippen MR) is 91.8 cm³/mol. The van der Waals surface area contributed by atoms with Crippen molar-refractivity contribution in [1.82, 2.24) is 4.90 Å². The maximum Gasteiger partial charge on any atom is 0.311 e. The van der Waals surface area contributed by atoms with Crippen molar-refractivity contribution in [3.8, 4) is 0 Å². The van der Waals surface area contributed by atoms with Gasteiger partial charge in [0.05, 0.1) is 18.1 Å². The first-order valence-corrected chi connectivity index (χ1v) is 8.49. The number of carboxylic acid groups (broad SMARTS) is 1. The highest BCUT2D eigenvalue weighted by Gasteiger charge is 2.48. The number of rotatable bonds is 6. The Morgan fingerprint density at radius 2 is 1.83 bits per heavy atom. The van der Waals surface area contributed by atoms with Crippen LogP contribution in [0, 0.1) is 11.3 Å². The minimum absolute atomic E-state index is 0.0108. The third kappa shape index (κ3) is 3.78. The van der Waals surface area contributed by atoms with Crippen molar-refractivity contribution < 1.29 is 19.4 Å². The molecule has 0 saturated carbocycles. The van der Waals surface area contributed by atoms with E-state index in [1.54, 1.807) is 17.0 Å². The lowest BCUT2D eigenvalue weighted by Gasteiger charge is -2.28. The molecule has 1 aliphatic heterocycles. The quantitative estimate of drug-likeness (QED) is 0.868. The number of carboxylic acids is 1. The minimum Gasteiger partial charge on any atom is -0.481 e. The monoisotopic (exact) mass is 333 g/mol. The maximum absolute atomic E-state index is 12.7. The Bertz CT molecular complexity index is 594. The fourth-order valence-corrected chi connectivity index (χ4v) is 3.09. The van der Waals surface area contributed by atoms with Crippen molar-refractivity contribution in [3.05, 3.63) is 35.4 Å².